The summed E-state index contributed by atoms with van der Waals surface area (Å²) in [6.07, 6.45) is 1.86. The van der Waals surface area contributed by atoms with E-state index in [2.05, 4.69) is 16.2 Å². The van der Waals surface area contributed by atoms with Crippen LogP contribution in [0.3, 0.4) is 0 Å². The van der Waals surface area contributed by atoms with Crippen molar-refractivity contribution in [2.45, 2.75) is 6.54 Å². The number of ether oxygens (including phenoxy) is 2. The quantitative estimate of drug-likeness (QED) is 0.787. The zero-order valence-electron chi connectivity index (χ0n) is 15.2. The molecule has 6 heteroatoms. The molecule has 0 bridgehead atoms. The average molecular weight is 375 g/mol. The molecule has 2 aromatic rings. The van der Waals surface area contributed by atoms with Gasteiger partial charge in [-0.15, -0.1) is 0 Å². The highest BCUT2D eigenvalue weighted by molar-refractivity contribution is 6.31. The van der Waals surface area contributed by atoms with Crippen LogP contribution in [0.4, 0.5) is 0 Å². The van der Waals surface area contributed by atoms with Gasteiger partial charge in [0.2, 0.25) is 0 Å². The minimum Gasteiger partial charge on any atom is -0.497 e. The average Bonchev–Trinajstić information content (AvgIpc) is 2.69. The highest BCUT2D eigenvalue weighted by Gasteiger charge is 2.19. The van der Waals surface area contributed by atoms with Crippen molar-refractivity contribution in [2.75, 3.05) is 40.4 Å². The van der Waals surface area contributed by atoms with Gasteiger partial charge in [-0.2, -0.15) is 5.10 Å². The summed E-state index contributed by atoms with van der Waals surface area (Å²) in [5, 5.41) is 7.59. The molecule has 0 atom stereocenters. The van der Waals surface area contributed by atoms with Gasteiger partial charge in [0.25, 0.3) is 0 Å². The number of hydrogen-bond acceptors (Lipinski definition) is 4. The highest BCUT2D eigenvalue weighted by atomic mass is 35.5. The lowest BCUT2D eigenvalue weighted by molar-refractivity contribution is -0.918. The molecule has 26 heavy (non-hydrogen) atoms. The monoisotopic (exact) mass is 374 g/mol. The van der Waals surface area contributed by atoms with Gasteiger partial charge in [0.1, 0.15) is 18.0 Å². The third kappa shape index (κ3) is 4.68. The number of halogens is 1. The largest absolute Gasteiger partial charge is 0.497 e. The van der Waals surface area contributed by atoms with Crippen molar-refractivity contribution in [1.29, 1.82) is 0 Å². The predicted molar refractivity (Wildman–Crippen MR) is 105 cm³/mol. The number of nitrogens with one attached hydrogen (secondary N) is 1. The smallest absolute Gasteiger partial charge is 0.131 e. The Morgan fingerprint density at radius 3 is 2.58 bits per heavy atom. The summed E-state index contributed by atoms with van der Waals surface area (Å²) in [6, 6.07) is 13.8. The standard InChI is InChI=1S/C20H24ClN3O2/c1-25-18-8-7-16(20(13-18)26-2)14-22-24-11-9-23(10-12-24)15-17-5-3-4-6-19(17)21/h3-8,13-14H,9-12,15H2,1-2H3/p+1/b22-14-. The Labute approximate surface area is 159 Å². The maximum atomic E-state index is 6.27. The van der Waals surface area contributed by atoms with Crippen LogP contribution in [0.2, 0.25) is 5.02 Å². The van der Waals surface area contributed by atoms with Crippen molar-refractivity contribution in [3.05, 3.63) is 58.6 Å². The van der Waals surface area contributed by atoms with E-state index in [-0.39, 0.29) is 0 Å². The van der Waals surface area contributed by atoms with E-state index < -0.39 is 0 Å². The summed E-state index contributed by atoms with van der Waals surface area (Å²) in [6.45, 7) is 4.90. The number of quaternary nitrogens is 1. The van der Waals surface area contributed by atoms with Gasteiger partial charge in [0.15, 0.2) is 0 Å². The lowest BCUT2D eigenvalue weighted by Gasteiger charge is -2.30. The molecular weight excluding hydrogens is 350 g/mol. The van der Waals surface area contributed by atoms with Gasteiger partial charge in [0, 0.05) is 22.2 Å². The van der Waals surface area contributed by atoms with Crippen LogP contribution in [-0.4, -0.2) is 51.6 Å². The van der Waals surface area contributed by atoms with Gasteiger partial charge in [-0.1, -0.05) is 29.8 Å². The molecule has 5 nitrogen and oxygen atoms in total. The van der Waals surface area contributed by atoms with Crippen LogP contribution in [0.15, 0.2) is 47.6 Å². The van der Waals surface area contributed by atoms with Crippen LogP contribution in [0, 0.1) is 0 Å². The summed E-state index contributed by atoms with van der Waals surface area (Å²) in [5.74, 6) is 1.53. The van der Waals surface area contributed by atoms with Crippen LogP contribution in [0.1, 0.15) is 11.1 Å². The lowest BCUT2D eigenvalue weighted by Crippen LogP contribution is -3.13. The molecule has 3 rings (SSSR count). The van der Waals surface area contributed by atoms with Gasteiger partial charge >= 0.3 is 0 Å². The molecule has 1 saturated heterocycles. The molecule has 0 spiro atoms. The van der Waals surface area contributed by atoms with E-state index in [9.17, 15) is 0 Å². The number of nitrogens with zero attached hydrogens (tertiary/aromatic N) is 2. The number of benzene rings is 2. The fourth-order valence-corrected chi connectivity index (χ4v) is 3.29. The maximum absolute atomic E-state index is 6.27. The lowest BCUT2D eigenvalue weighted by atomic mass is 10.2. The van der Waals surface area contributed by atoms with E-state index in [4.69, 9.17) is 21.1 Å². The molecule has 1 fully saturated rings. The normalized spacial score (nSPS) is 15.4. The van der Waals surface area contributed by atoms with Crippen molar-refractivity contribution < 1.29 is 14.4 Å². The molecule has 0 radical (unpaired) electrons. The summed E-state index contributed by atoms with van der Waals surface area (Å²) in [5.41, 5.74) is 2.16. The zero-order valence-corrected chi connectivity index (χ0v) is 16.0. The first-order valence-corrected chi connectivity index (χ1v) is 9.15. The predicted octanol–water partition coefficient (Wildman–Crippen LogP) is 2.09. The molecule has 0 amide bonds. The van der Waals surface area contributed by atoms with Crippen LogP contribution in [-0.2, 0) is 6.54 Å². The Kier molecular flexibility index (Phi) is 6.36. The summed E-state index contributed by atoms with van der Waals surface area (Å²) in [7, 11) is 3.30. The van der Waals surface area contributed by atoms with E-state index in [0.717, 1.165) is 54.8 Å². The van der Waals surface area contributed by atoms with Gasteiger partial charge in [-0.25, -0.2) is 0 Å². The minimum absolute atomic E-state index is 0.760. The first kappa shape index (κ1) is 18.5. The van der Waals surface area contributed by atoms with Crippen molar-refractivity contribution in [3.63, 3.8) is 0 Å². The third-order valence-electron chi connectivity index (χ3n) is 4.65. The fourth-order valence-electron chi connectivity index (χ4n) is 3.08. The van der Waals surface area contributed by atoms with Crippen molar-refractivity contribution >= 4 is 17.8 Å². The molecule has 0 aliphatic carbocycles. The Hall–Kier alpha value is -2.24. The summed E-state index contributed by atoms with van der Waals surface area (Å²) in [4.78, 5) is 1.53. The molecule has 0 aromatic heterocycles. The van der Waals surface area contributed by atoms with Crippen LogP contribution < -0.4 is 14.4 Å². The Morgan fingerprint density at radius 2 is 1.88 bits per heavy atom. The molecule has 138 valence electrons. The van der Waals surface area contributed by atoms with Crippen LogP contribution in [0.5, 0.6) is 11.5 Å². The molecule has 0 saturated carbocycles. The highest BCUT2D eigenvalue weighted by Crippen LogP contribution is 2.23. The second-order valence-electron chi connectivity index (χ2n) is 6.32. The van der Waals surface area contributed by atoms with Crippen LogP contribution >= 0.6 is 11.6 Å². The van der Waals surface area contributed by atoms with Gasteiger partial charge in [-0.05, 0) is 18.2 Å². The maximum Gasteiger partial charge on any atom is 0.131 e. The van der Waals surface area contributed by atoms with Gasteiger partial charge in [0.05, 0.1) is 46.6 Å². The molecule has 1 heterocycles. The second-order valence-corrected chi connectivity index (χ2v) is 6.73. The van der Waals surface area contributed by atoms with E-state index in [0.29, 0.717) is 0 Å². The summed E-state index contributed by atoms with van der Waals surface area (Å²) >= 11 is 6.27. The molecule has 2 aromatic carbocycles. The molecule has 0 unspecified atom stereocenters. The van der Waals surface area contributed by atoms with Gasteiger partial charge < -0.3 is 14.4 Å². The Bertz CT molecular complexity index is 758. The number of rotatable bonds is 6. The van der Waals surface area contributed by atoms with Crippen molar-refractivity contribution in [3.8, 4) is 11.5 Å². The zero-order chi connectivity index (χ0) is 18.4. The number of piperazine rings is 1. The first-order valence-electron chi connectivity index (χ1n) is 8.77. The third-order valence-corrected chi connectivity index (χ3v) is 5.01. The second kappa shape index (κ2) is 8.92. The van der Waals surface area contributed by atoms with E-state index in [1.165, 1.54) is 10.5 Å². The van der Waals surface area contributed by atoms with Crippen molar-refractivity contribution in [2.24, 2.45) is 5.10 Å². The minimum atomic E-state index is 0.760. The first-order chi connectivity index (χ1) is 12.7. The molecule has 1 N–H and O–H groups in total. The Balaban J connectivity index is 1.55. The molecular formula is C20H25ClN3O2+. The summed E-state index contributed by atoms with van der Waals surface area (Å²) < 4.78 is 10.6. The number of hydrogen-bond donors (Lipinski definition) is 1. The van der Waals surface area contributed by atoms with Crippen molar-refractivity contribution in [1.82, 2.24) is 5.01 Å². The topological polar surface area (TPSA) is 38.5 Å². The van der Waals surface area contributed by atoms with E-state index in [1.54, 1.807) is 14.2 Å². The van der Waals surface area contributed by atoms with Crippen LogP contribution in [0.25, 0.3) is 0 Å². The number of hydrazone groups is 1. The van der Waals surface area contributed by atoms with Gasteiger partial charge in [-0.3, -0.25) is 5.01 Å². The molecule has 1 aliphatic heterocycles. The molecule has 1 aliphatic rings. The number of methoxy groups -OCH3 is 2. The fraction of sp³-hybridized carbons (Fsp3) is 0.350. The Morgan fingerprint density at radius 1 is 1.12 bits per heavy atom. The SMILES string of the molecule is COc1ccc(/C=N\N2CC[NH+](Cc3ccccc3Cl)CC2)c(OC)c1. The van der Waals surface area contributed by atoms with E-state index >= 15 is 0 Å². The van der Waals surface area contributed by atoms with E-state index in [1.807, 2.05) is 42.6 Å².